The van der Waals surface area contributed by atoms with Crippen LogP contribution in [-0.2, 0) is 17.4 Å². The van der Waals surface area contributed by atoms with E-state index in [1.54, 1.807) is 43.4 Å². The predicted molar refractivity (Wildman–Crippen MR) is 111 cm³/mol. The Balaban J connectivity index is 1.67. The van der Waals surface area contributed by atoms with Crippen LogP contribution in [0.3, 0.4) is 0 Å². The van der Waals surface area contributed by atoms with E-state index in [1.165, 1.54) is 23.0 Å². The van der Waals surface area contributed by atoms with Gasteiger partial charge in [0.15, 0.2) is 5.54 Å². The fourth-order valence-corrected chi connectivity index (χ4v) is 3.73. The van der Waals surface area contributed by atoms with E-state index in [2.05, 4.69) is 21.0 Å². The number of carbonyl (C=O) groups is 3. The number of nitrogens with one attached hydrogen (secondary N) is 3. The van der Waals surface area contributed by atoms with Crippen LogP contribution in [0.5, 0.6) is 0 Å². The number of halogens is 2. The van der Waals surface area contributed by atoms with Gasteiger partial charge in [0.1, 0.15) is 5.82 Å². The highest BCUT2D eigenvalue weighted by Gasteiger charge is 2.50. The zero-order valence-electron chi connectivity index (χ0n) is 16.3. The lowest BCUT2D eigenvalue weighted by Crippen LogP contribution is -2.53. The summed E-state index contributed by atoms with van der Waals surface area (Å²) in [5.41, 5.74) is -0.438. The molecule has 0 spiro atoms. The van der Waals surface area contributed by atoms with Gasteiger partial charge in [-0.05, 0) is 35.4 Å². The zero-order chi connectivity index (χ0) is 22.2. The Morgan fingerprint density at radius 2 is 1.94 bits per heavy atom. The average molecular weight is 442 g/mol. The number of nitrogens with zero attached hydrogens (tertiary/aromatic N) is 2. The van der Waals surface area contributed by atoms with Gasteiger partial charge in [-0.25, -0.2) is 9.18 Å². The quantitative estimate of drug-likeness (QED) is 0.528. The molecule has 1 aliphatic heterocycles. The van der Waals surface area contributed by atoms with E-state index >= 15 is 0 Å². The predicted octanol–water partition coefficient (Wildman–Crippen LogP) is 2.34. The SMILES string of the molecule is Cn1nccc1C1(CNC(=O)c2c(F)cccc2-c2ccc(Cl)cc2)NC(=O)NC1=O. The Morgan fingerprint density at radius 3 is 2.55 bits per heavy atom. The van der Waals surface area contributed by atoms with E-state index < -0.39 is 29.2 Å². The van der Waals surface area contributed by atoms with Gasteiger partial charge in [0, 0.05) is 18.3 Å². The molecule has 2 heterocycles. The third-order valence-electron chi connectivity index (χ3n) is 5.11. The number of aromatic nitrogens is 2. The van der Waals surface area contributed by atoms with Crippen LogP contribution >= 0.6 is 11.6 Å². The van der Waals surface area contributed by atoms with Gasteiger partial charge in [0.25, 0.3) is 11.8 Å². The number of benzene rings is 2. The minimum absolute atomic E-state index is 0.185. The van der Waals surface area contributed by atoms with Crippen LogP contribution in [0.1, 0.15) is 16.1 Å². The Bertz CT molecular complexity index is 1190. The molecule has 1 atom stereocenters. The maximum atomic E-state index is 14.7. The first-order valence-corrected chi connectivity index (χ1v) is 9.64. The van der Waals surface area contributed by atoms with Crippen LogP contribution in [0.15, 0.2) is 54.7 Å². The van der Waals surface area contributed by atoms with E-state index in [4.69, 9.17) is 11.6 Å². The molecule has 1 fully saturated rings. The summed E-state index contributed by atoms with van der Waals surface area (Å²) in [4.78, 5) is 37.5. The van der Waals surface area contributed by atoms with Gasteiger partial charge in [-0.15, -0.1) is 0 Å². The number of aryl methyl sites for hydroxylation is 1. The number of urea groups is 1. The molecule has 3 N–H and O–H groups in total. The second-order valence-corrected chi connectivity index (χ2v) is 7.44. The molecule has 1 aromatic heterocycles. The van der Waals surface area contributed by atoms with Crippen molar-refractivity contribution in [3.05, 3.63) is 76.8 Å². The Labute approximate surface area is 181 Å². The summed E-state index contributed by atoms with van der Waals surface area (Å²) in [6.07, 6.45) is 1.46. The monoisotopic (exact) mass is 441 g/mol. The normalized spacial score (nSPS) is 17.9. The average Bonchev–Trinajstić information content (AvgIpc) is 3.29. The van der Waals surface area contributed by atoms with Crippen LogP contribution in [0.2, 0.25) is 5.02 Å². The number of imide groups is 1. The van der Waals surface area contributed by atoms with Crippen LogP contribution < -0.4 is 16.0 Å². The maximum Gasteiger partial charge on any atom is 0.322 e. The van der Waals surface area contributed by atoms with Crippen LogP contribution in [0, 0.1) is 5.82 Å². The first kappa shape index (κ1) is 20.5. The number of hydrogen-bond donors (Lipinski definition) is 3. The second kappa shape index (κ2) is 7.84. The molecule has 0 saturated carbocycles. The molecule has 0 aliphatic carbocycles. The lowest BCUT2D eigenvalue weighted by atomic mass is 9.94. The van der Waals surface area contributed by atoms with Crippen LogP contribution in [0.4, 0.5) is 9.18 Å². The molecule has 8 nitrogen and oxygen atoms in total. The molecule has 1 aliphatic rings. The van der Waals surface area contributed by atoms with Gasteiger partial charge in [-0.2, -0.15) is 5.10 Å². The van der Waals surface area contributed by atoms with Crippen molar-refractivity contribution in [1.82, 2.24) is 25.7 Å². The third-order valence-corrected chi connectivity index (χ3v) is 5.36. The number of hydrogen-bond acceptors (Lipinski definition) is 4. The van der Waals surface area contributed by atoms with Gasteiger partial charge in [0.2, 0.25) is 0 Å². The highest BCUT2D eigenvalue weighted by atomic mass is 35.5. The molecular weight excluding hydrogens is 425 g/mol. The molecule has 158 valence electrons. The van der Waals surface area contributed by atoms with E-state index in [0.717, 1.165) is 0 Å². The summed E-state index contributed by atoms with van der Waals surface area (Å²) < 4.78 is 16.1. The van der Waals surface area contributed by atoms with Crippen molar-refractivity contribution in [2.75, 3.05) is 6.54 Å². The molecule has 0 radical (unpaired) electrons. The molecule has 4 amide bonds. The number of carbonyl (C=O) groups excluding carboxylic acids is 3. The fourth-order valence-electron chi connectivity index (χ4n) is 3.61. The Hall–Kier alpha value is -3.72. The summed E-state index contributed by atoms with van der Waals surface area (Å²) >= 11 is 5.92. The largest absolute Gasteiger partial charge is 0.349 e. The van der Waals surface area contributed by atoms with Gasteiger partial charge in [-0.3, -0.25) is 19.6 Å². The number of amides is 4. The molecule has 2 aromatic carbocycles. The van der Waals surface area contributed by atoms with Gasteiger partial charge < -0.3 is 10.6 Å². The first-order valence-electron chi connectivity index (χ1n) is 9.26. The van der Waals surface area contributed by atoms with Crippen molar-refractivity contribution in [3.8, 4) is 11.1 Å². The topological polar surface area (TPSA) is 105 Å². The first-order chi connectivity index (χ1) is 14.8. The van der Waals surface area contributed by atoms with Gasteiger partial charge >= 0.3 is 6.03 Å². The van der Waals surface area contributed by atoms with E-state index in [9.17, 15) is 18.8 Å². The molecule has 0 bridgehead atoms. The zero-order valence-corrected chi connectivity index (χ0v) is 17.0. The third kappa shape index (κ3) is 3.64. The standard InChI is InChI=1S/C21H17ClFN5O3/c1-28-16(9-10-25-28)21(19(30)26-20(31)27-21)11-24-18(29)17-14(3-2-4-15(17)23)12-5-7-13(22)8-6-12/h2-10H,11H2,1H3,(H,24,29)(H2,26,27,30,31). The lowest BCUT2D eigenvalue weighted by molar-refractivity contribution is -0.124. The summed E-state index contributed by atoms with van der Waals surface area (Å²) in [5.74, 6) is -2.11. The second-order valence-electron chi connectivity index (χ2n) is 7.01. The summed E-state index contributed by atoms with van der Waals surface area (Å²) in [6.45, 7) is -0.308. The molecule has 1 unspecified atom stereocenters. The molecule has 31 heavy (non-hydrogen) atoms. The molecule has 4 rings (SSSR count). The summed E-state index contributed by atoms with van der Waals surface area (Å²) in [5, 5.41) is 11.8. The summed E-state index contributed by atoms with van der Waals surface area (Å²) in [7, 11) is 1.60. The number of rotatable bonds is 5. The van der Waals surface area contributed by atoms with Crippen molar-refractivity contribution in [1.29, 1.82) is 0 Å². The van der Waals surface area contributed by atoms with Crippen molar-refractivity contribution < 1.29 is 18.8 Å². The minimum Gasteiger partial charge on any atom is -0.349 e. The maximum absolute atomic E-state index is 14.7. The fraction of sp³-hybridized carbons (Fsp3) is 0.143. The van der Waals surface area contributed by atoms with Crippen LogP contribution in [0.25, 0.3) is 11.1 Å². The molecule has 1 saturated heterocycles. The molecule has 3 aromatic rings. The van der Waals surface area contributed by atoms with Crippen LogP contribution in [-0.4, -0.2) is 34.2 Å². The van der Waals surface area contributed by atoms with Gasteiger partial charge in [-0.1, -0.05) is 35.9 Å². The lowest BCUT2D eigenvalue weighted by Gasteiger charge is -2.26. The van der Waals surface area contributed by atoms with Crippen molar-refractivity contribution in [3.63, 3.8) is 0 Å². The Morgan fingerprint density at radius 1 is 1.19 bits per heavy atom. The van der Waals surface area contributed by atoms with E-state index in [-0.39, 0.29) is 12.1 Å². The minimum atomic E-state index is -1.58. The molecule has 10 heteroatoms. The smallest absolute Gasteiger partial charge is 0.322 e. The summed E-state index contributed by atoms with van der Waals surface area (Å²) in [6, 6.07) is 11.8. The molecular formula is C21H17ClFN5O3. The van der Waals surface area contributed by atoms with E-state index in [1.807, 2.05) is 0 Å². The highest BCUT2D eigenvalue weighted by molar-refractivity contribution is 6.30. The highest BCUT2D eigenvalue weighted by Crippen LogP contribution is 2.28. The van der Waals surface area contributed by atoms with Crippen molar-refractivity contribution in [2.24, 2.45) is 7.05 Å². The van der Waals surface area contributed by atoms with E-state index in [0.29, 0.717) is 21.8 Å². The Kier molecular flexibility index (Phi) is 5.20. The van der Waals surface area contributed by atoms with Crippen molar-refractivity contribution in [2.45, 2.75) is 5.54 Å². The van der Waals surface area contributed by atoms with Crippen molar-refractivity contribution >= 4 is 29.4 Å². The van der Waals surface area contributed by atoms with Gasteiger partial charge in [0.05, 0.1) is 17.8 Å².